The summed E-state index contributed by atoms with van der Waals surface area (Å²) in [6, 6.07) is 8.28. The lowest BCUT2D eigenvalue weighted by Gasteiger charge is -2.35. The number of alkyl halides is 3. The van der Waals surface area contributed by atoms with E-state index in [2.05, 4.69) is 4.90 Å². The maximum Gasteiger partial charge on any atom is 0.416 e. The molecule has 1 unspecified atom stereocenters. The molecule has 2 aromatic rings. The fraction of sp³-hybridized carbons (Fsp3) is 0.389. The van der Waals surface area contributed by atoms with E-state index in [1.165, 1.54) is 23.5 Å². The fourth-order valence-electron chi connectivity index (χ4n) is 2.96. The number of hydrogen-bond acceptors (Lipinski definition) is 4. The van der Waals surface area contributed by atoms with Gasteiger partial charge in [0.15, 0.2) is 0 Å². The molecule has 1 atom stereocenters. The van der Waals surface area contributed by atoms with Crippen LogP contribution in [0.15, 0.2) is 41.8 Å². The standard InChI is InChI=1S/C18H19F3N2O2S/c19-18(20,21)14-4-1-3-13(11-14)17(25)23-8-6-22(7-9-23)12-15(24)16-5-2-10-26-16/h1-5,10-11,15,24H,6-9,12H2. The monoisotopic (exact) mass is 384 g/mol. The SMILES string of the molecule is O=C(c1cccc(C(F)(F)F)c1)N1CCN(CC(O)c2cccs2)CC1. The number of thiophene rings is 1. The van der Waals surface area contributed by atoms with Crippen molar-refractivity contribution in [3.63, 3.8) is 0 Å². The van der Waals surface area contributed by atoms with E-state index in [1.807, 2.05) is 17.5 Å². The average molecular weight is 384 g/mol. The predicted molar refractivity (Wildman–Crippen MR) is 93.1 cm³/mol. The molecule has 140 valence electrons. The lowest BCUT2D eigenvalue weighted by atomic mass is 10.1. The number of aliphatic hydroxyl groups excluding tert-OH is 1. The van der Waals surface area contributed by atoms with Gasteiger partial charge in [-0.2, -0.15) is 13.2 Å². The van der Waals surface area contributed by atoms with E-state index in [9.17, 15) is 23.1 Å². The molecule has 8 heteroatoms. The predicted octanol–water partition coefficient (Wildman–Crippen LogP) is 3.26. The third-order valence-electron chi connectivity index (χ3n) is 4.40. The maximum atomic E-state index is 12.8. The summed E-state index contributed by atoms with van der Waals surface area (Å²) < 4.78 is 38.4. The van der Waals surface area contributed by atoms with E-state index in [-0.39, 0.29) is 5.56 Å². The van der Waals surface area contributed by atoms with E-state index in [0.717, 1.165) is 17.0 Å². The highest BCUT2D eigenvalue weighted by Gasteiger charge is 2.31. The number of rotatable bonds is 4. The Morgan fingerprint density at radius 3 is 2.50 bits per heavy atom. The van der Waals surface area contributed by atoms with Crippen LogP contribution in [-0.4, -0.2) is 53.5 Å². The number of aliphatic hydroxyl groups is 1. The molecular formula is C18H19F3N2O2S. The van der Waals surface area contributed by atoms with Crippen molar-refractivity contribution < 1.29 is 23.1 Å². The third-order valence-corrected chi connectivity index (χ3v) is 5.37. The molecule has 1 aliphatic heterocycles. The van der Waals surface area contributed by atoms with Gasteiger partial charge in [0, 0.05) is 43.2 Å². The van der Waals surface area contributed by atoms with Crippen LogP contribution in [-0.2, 0) is 6.18 Å². The first kappa shape index (κ1) is 18.9. The summed E-state index contributed by atoms with van der Waals surface area (Å²) in [6.45, 7) is 2.48. The molecule has 0 bridgehead atoms. The molecule has 2 heterocycles. The molecule has 0 spiro atoms. The van der Waals surface area contributed by atoms with Crippen molar-refractivity contribution in [2.45, 2.75) is 12.3 Å². The lowest BCUT2D eigenvalue weighted by Crippen LogP contribution is -2.49. The van der Waals surface area contributed by atoms with Crippen LogP contribution in [0.2, 0.25) is 0 Å². The van der Waals surface area contributed by atoms with Gasteiger partial charge < -0.3 is 10.0 Å². The molecule has 1 amide bonds. The highest BCUT2D eigenvalue weighted by atomic mass is 32.1. The topological polar surface area (TPSA) is 43.8 Å². The minimum atomic E-state index is -4.47. The quantitative estimate of drug-likeness (QED) is 0.880. The molecule has 0 aliphatic carbocycles. The van der Waals surface area contributed by atoms with Crippen LogP contribution in [0, 0.1) is 0 Å². The molecule has 26 heavy (non-hydrogen) atoms. The Bertz CT molecular complexity index is 741. The molecule has 1 saturated heterocycles. The highest BCUT2D eigenvalue weighted by molar-refractivity contribution is 7.10. The van der Waals surface area contributed by atoms with Crippen LogP contribution >= 0.6 is 11.3 Å². The number of hydrogen-bond donors (Lipinski definition) is 1. The first-order valence-corrected chi connectivity index (χ1v) is 9.13. The van der Waals surface area contributed by atoms with Crippen LogP contribution in [0.3, 0.4) is 0 Å². The van der Waals surface area contributed by atoms with Gasteiger partial charge in [-0.3, -0.25) is 9.69 Å². The number of piperazine rings is 1. The van der Waals surface area contributed by atoms with Gasteiger partial charge in [-0.25, -0.2) is 0 Å². The number of amides is 1. The molecule has 0 saturated carbocycles. The normalized spacial score (nSPS) is 17.3. The number of halogens is 3. The van der Waals surface area contributed by atoms with E-state index in [0.29, 0.717) is 32.7 Å². The Kier molecular flexibility index (Phi) is 5.64. The van der Waals surface area contributed by atoms with Gasteiger partial charge >= 0.3 is 6.18 Å². The first-order valence-electron chi connectivity index (χ1n) is 8.25. The summed E-state index contributed by atoms with van der Waals surface area (Å²) >= 11 is 1.49. The van der Waals surface area contributed by atoms with E-state index in [4.69, 9.17) is 0 Å². The van der Waals surface area contributed by atoms with Gasteiger partial charge in [0.05, 0.1) is 5.56 Å². The molecule has 0 radical (unpaired) electrons. The fourth-order valence-corrected chi connectivity index (χ4v) is 3.66. The van der Waals surface area contributed by atoms with Crippen LogP contribution in [0.25, 0.3) is 0 Å². The van der Waals surface area contributed by atoms with Gasteiger partial charge in [-0.05, 0) is 29.6 Å². The Balaban J connectivity index is 1.57. The second-order valence-corrected chi connectivity index (χ2v) is 7.18. The average Bonchev–Trinajstić information content (AvgIpc) is 3.16. The third kappa shape index (κ3) is 4.44. The number of carbonyl (C=O) groups excluding carboxylic acids is 1. The van der Waals surface area contributed by atoms with Crippen molar-refractivity contribution in [1.29, 1.82) is 0 Å². The van der Waals surface area contributed by atoms with Gasteiger partial charge in [0.25, 0.3) is 5.91 Å². The molecule has 1 aromatic carbocycles. The van der Waals surface area contributed by atoms with Crippen LogP contribution in [0.1, 0.15) is 26.9 Å². The lowest BCUT2D eigenvalue weighted by molar-refractivity contribution is -0.137. The summed E-state index contributed by atoms with van der Waals surface area (Å²) in [4.78, 5) is 17.0. The van der Waals surface area contributed by atoms with Crippen molar-refractivity contribution in [3.05, 3.63) is 57.8 Å². The Morgan fingerprint density at radius 1 is 1.15 bits per heavy atom. The maximum absolute atomic E-state index is 12.8. The van der Waals surface area contributed by atoms with Crippen LogP contribution in [0.4, 0.5) is 13.2 Å². The molecule has 3 rings (SSSR count). The minimum Gasteiger partial charge on any atom is -0.386 e. The van der Waals surface area contributed by atoms with Crippen LogP contribution < -0.4 is 0 Å². The first-order chi connectivity index (χ1) is 12.3. The van der Waals surface area contributed by atoms with Crippen molar-refractivity contribution in [3.8, 4) is 0 Å². The zero-order valence-electron chi connectivity index (χ0n) is 13.9. The molecule has 1 N–H and O–H groups in total. The van der Waals surface area contributed by atoms with Crippen molar-refractivity contribution in [2.24, 2.45) is 0 Å². The van der Waals surface area contributed by atoms with Gasteiger partial charge in [0.2, 0.25) is 0 Å². The zero-order valence-corrected chi connectivity index (χ0v) is 14.8. The van der Waals surface area contributed by atoms with Crippen molar-refractivity contribution in [1.82, 2.24) is 9.80 Å². The summed E-state index contributed by atoms with van der Waals surface area (Å²) in [5, 5.41) is 12.1. The number of carbonyl (C=O) groups is 1. The molecule has 1 fully saturated rings. The summed E-state index contributed by atoms with van der Waals surface area (Å²) in [5.41, 5.74) is -0.770. The van der Waals surface area contributed by atoms with E-state index >= 15 is 0 Å². The second kappa shape index (κ2) is 7.77. The Labute approximate surface area is 153 Å². The second-order valence-electron chi connectivity index (χ2n) is 6.20. The van der Waals surface area contributed by atoms with E-state index in [1.54, 1.807) is 4.90 Å². The number of benzene rings is 1. The minimum absolute atomic E-state index is 0.0481. The largest absolute Gasteiger partial charge is 0.416 e. The Morgan fingerprint density at radius 2 is 1.88 bits per heavy atom. The van der Waals surface area contributed by atoms with Gasteiger partial charge in [-0.1, -0.05) is 12.1 Å². The van der Waals surface area contributed by atoms with E-state index < -0.39 is 23.8 Å². The highest BCUT2D eigenvalue weighted by Crippen LogP contribution is 2.30. The summed E-state index contributed by atoms with van der Waals surface area (Å²) in [7, 11) is 0. The Hall–Kier alpha value is -1.90. The smallest absolute Gasteiger partial charge is 0.386 e. The summed E-state index contributed by atoms with van der Waals surface area (Å²) in [6.07, 6.45) is -5.03. The number of β-amino-alcohol motifs (C(OH)–C–C–N with tert-alkyl or cyclic N) is 1. The molecular weight excluding hydrogens is 365 g/mol. The van der Waals surface area contributed by atoms with Crippen molar-refractivity contribution >= 4 is 17.2 Å². The van der Waals surface area contributed by atoms with Crippen LogP contribution in [0.5, 0.6) is 0 Å². The van der Waals surface area contributed by atoms with Gasteiger partial charge in [-0.15, -0.1) is 11.3 Å². The summed E-state index contributed by atoms with van der Waals surface area (Å²) in [5.74, 6) is -0.394. The molecule has 1 aromatic heterocycles. The molecule has 4 nitrogen and oxygen atoms in total. The zero-order chi connectivity index (χ0) is 18.7. The molecule has 1 aliphatic rings. The number of nitrogens with zero attached hydrogens (tertiary/aromatic N) is 2. The van der Waals surface area contributed by atoms with Gasteiger partial charge in [0.1, 0.15) is 6.10 Å². The van der Waals surface area contributed by atoms with Crippen molar-refractivity contribution in [2.75, 3.05) is 32.7 Å².